The lowest BCUT2D eigenvalue weighted by molar-refractivity contribution is -0.137. The smallest absolute Gasteiger partial charge is 0.417 e. The minimum Gasteiger partial charge on any atom is -0.508 e. The third-order valence-corrected chi connectivity index (χ3v) is 2.71. The number of aromatic nitrogens is 1. The molecule has 0 radical (unpaired) electrons. The molecule has 0 bridgehead atoms. The lowest BCUT2D eigenvalue weighted by Crippen LogP contribution is -2.06. The van der Waals surface area contributed by atoms with Crippen LogP contribution in [0.15, 0.2) is 41.6 Å². The highest BCUT2D eigenvalue weighted by molar-refractivity contribution is 6.32. The number of aromatic hydroxyl groups is 1. The van der Waals surface area contributed by atoms with Gasteiger partial charge in [-0.25, -0.2) is 4.98 Å². The molecule has 0 saturated heterocycles. The Morgan fingerprint density at radius 2 is 2.05 bits per heavy atom. The number of hydrazone groups is 1. The van der Waals surface area contributed by atoms with Crippen LogP contribution in [0.5, 0.6) is 5.75 Å². The second kappa shape index (κ2) is 6.01. The summed E-state index contributed by atoms with van der Waals surface area (Å²) in [4.78, 5) is 3.57. The van der Waals surface area contributed by atoms with Crippen LogP contribution in [0.3, 0.4) is 0 Å². The van der Waals surface area contributed by atoms with Gasteiger partial charge in [-0.1, -0.05) is 23.7 Å². The predicted octanol–water partition coefficient (Wildman–Crippen LogP) is 3.91. The van der Waals surface area contributed by atoms with Gasteiger partial charge in [0, 0.05) is 6.20 Å². The van der Waals surface area contributed by atoms with Gasteiger partial charge in [-0.05, 0) is 23.8 Å². The summed E-state index contributed by atoms with van der Waals surface area (Å²) in [6, 6.07) is 7.04. The van der Waals surface area contributed by atoms with Crippen molar-refractivity contribution in [3.63, 3.8) is 0 Å². The number of hydrogen-bond donors (Lipinski definition) is 2. The van der Waals surface area contributed by atoms with Crippen molar-refractivity contribution in [2.75, 3.05) is 5.43 Å². The van der Waals surface area contributed by atoms with Crippen molar-refractivity contribution in [2.45, 2.75) is 6.18 Å². The zero-order valence-corrected chi connectivity index (χ0v) is 11.2. The Hall–Kier alpha value is -2.28. The largest absolute Gasteiger partial charge is 0.508 e. The highest BCUT2D eigenvalue weighted by Crippen LogP contribution is 2.32. The number of benzene rings is 1. The Kier molecular flexibility index (Phi) is 4.32. The second-order valence-corrected chi connectivity index (χ2v) is 4.42. The fraction of sp³-hybridized carbons (Fsp3) is 0.0769. The molecule has 110 valence electrons. The van der Waals surface area contributed by atoms with Crippen molar-refractivity contribution in [3.8, 4) is 5.75 Å². The predicted molar refractivity (Wildman–Crippen MR) is 73.6 cm³/mol. The monoisotopic (exact) mass is 315 g/mol. The van der Waals surface area contributed by atoms with Crippen molar-refractivity contribution >= 4 is 23.6 Å². The van der Waals surface area contributed by atoms with Crippen LogP contribution < -0.4 is 5.43 Å². The van der Waals surface area contributed by atoms with Gasteiger partial charge in [0.05, 0.1) is 16.8 Å². The molecule has 0 saturated carbocycles. The molecule has 2 rings (SSSR count). The van der Waals surface area contributed by atoms with Gasteiger partial charge in [-0.15, -0.1) is 0 Å². The Morgan fingerprint density at radius 1 is 1.29 bits per heavy atom. The SMILES string of the molecule is Oc1cccc(/C=N\Nc2ncc(C(F)(F)F)cc2Cl)c1. The fourth-order valence-corrected chi connectivity index (χ4v) is 1.66. The molecule has 0 aliphatic rings. The molecule has 0 fully saturated rings. The van der Waals surface area contributed by atoms with Crippen molar-refractivity contribution in [1.29, 1.82) is 0 Å². The quantitative estimate of drug-likeness (QED) is 0.667. The number of phenolic OH excluding ortho intramolecular Hbond substituents is 1. The number of alkyl halides is 3. The maximum Gasteiger partial charge on any atom is 0.417 e. The number of anilines is 1. The van der Waals surface area contributed by atoms with Gasteiger partial charge >= 0.3 is 6.18 Å². The number of rotatable bonds is 3. The van der Waals surface area contributed by atoms with Gasteiger partial charge in [0.1, 0.15) is 5.75 Å². The molecule has 0 spiro atoms. The van der Waals surface area contributed by atoms with E-state index >= 15 is 0 Å². The van der Waals surface area contributed by atoms with Crippen LogP contribution in [0.25, 0.3) is 0 Å². The first-order valence-corrected chi connectivity index (χ1v) is 6.05. The van der Waals surface area contributed by atoms with Crippen LogP contribution in [0.4, 0.5) is 19.0 Å². The molecule has 2 aromatic rings. The number of halogens is 4. The molecule has 0 unspecified atom stereocenters. The molecule has 1 aromatic heterocycles. The number of nitrogens with one attached hydrogen (secondary N) is 1. The van der Waals surface area contributed by atoms with Crippen molar-refractivity contribution in [1.82, 2.24) is 4.98 Å². The lowest BCUT2D eigenvalue weighted by Gasteiger charge is -2.08. The second-order valence-electron chi connectivity index (χ2n) is 4.02. The molecule has 0 amide bonds. The van der Waals surface area contributed by atoms with Gasteiger partial charge in [0.15, 0.2) is 5.82 Å². The molecule has 0 aliphatic heterocycles. The summed E-state index contributed by atoms with van der Waals surface area (Å²) in [5, 5.41) is 12.9. The van der Waals surface area contributed by atoms with Crippen LogP contribution in [0, 0.1) is 0 Å². The summed E-state index contributed by atoms with van der Waals surface area (Å²) in [6.45, 7) is 0. The standard InChI is InChI=1S/C13H9ClF3N3O/c14-11-5-9(13(15,16)17)7-18-12(11)20-19-6-8-2-1-3-10(21)4-8/h1-7,21H,(H,18,20)/b19-6-. The van der Waals surface area contributed by atoms with Gasteiger partial charge < -0.3 is 5.11 Å². The Morgan fingerprint density at radius 3 is 2.67 bits per heavy atom. The van der Waals surface area contributed by atoms with Crippen molar-refractivity contribution in [3.05, 3.63) is 52.7 Å². The van der Waals surface area contributed by atoms with E-state index in [1.165, 1.54) is 18.3 Å². The van der Waals surface area contributed by atoms with Crippen LogP contribution in [-0.2, 0) is 6.18 Å². The fourth-order valence-electron chi connectivity index (χ4n) is 1.45. The maximum absolute atomic E-state index is 12.4. The van der Waals surface area contributed by atoms with Gasteiger partial charge in [0.2, 0.25) is 0 Å². The topological polar surface area (TPSA) is 57.5 Å². The molecule has 1 aromatic carbocycles. The highest BCUT2D eigenvalue weighted by Gasteiger charge is 2.31. The van der Waals surface area contributed by atoms with Crippen LogP contribution >= 0.6 is 11.6 Å². The highest BCUT2D eigenvalue weighted by atomic mass is 35.5. The minimum absolute atomic E-state index is 0.000990. The first-order valence-electron chi connectivity index (χ1n) is 5.67. The van der Waals surface area contributed by atoms with Crippen molar-refractivity contribution in [2.24, 2.45) is 5.10 Å². The van der Waals surface area contributed by atoms with Crippen LogP contribution in [0.2, 0.25) is 5.02 Å². The van der Waals surface area contributed by atoms with E-state index in [1.807, 2.05) is 0 Å². The average molecular weight is 316 g/mol. The molecule has 0 aliphatic carbocycles. The molecule has 1 heterocycles. The van der Waals surface area contributed by atoms with Crippen molar-refractivity contribution < 1.29 is 18.3 Å². The lowest BCUT2D eigenvalue weighted by atomic mass is 10.2. The molecule has 2 N–H and O–H groups in total. The van der Waals surface area contributed by atoms with Gasteiger partial charge in [-0.3, -0.25) is 5.43 Å². The zero-order chi connectivity index (χ0) is 15.5. The van der Waals surface area contributed by atoms with E-state index in [0.29, 0.717) is 11.8 Å². The summed E-state index contributed by atoms with van der Waals surface area (Å²) in [5.74, 6) is 0.0747. The summed E-state index contributed by atoms with van der Waals surface area (Å²) in [5.41, 5.74) is 2.10. The van der Waals surface area contributed by atoms with Gasteiger partial charge in [0.25, 0.3) is 0 Å². The van der Waals surface area contributed by atoms with E-state index < -0.39 is 11.7 Å². The van der Waals surface area contributed by atoms with Crippen LogP contribution in [-0.4, -0.2) is 16.3 Å². The summed E-state index contributed by atoms with van der Waals surface area (Å²) < 4.78 is 37.3. The number of hydrogen-bond acceptors (Lipinski definition) is 4. The summed E-state index contributed by atoms with van der Waals surface area (Å²) in [6.07, 6.45) is -2.46. The van der Waals surface area contributed by atoms with E-state index in [2.05, 4.69) is 15.5 Å². The van der Waals surface area contributed by atoms with E-state index in [-0.39, 0.29) is 16.6 Å². The Labute approximate surface area is 122 Å². The third-order valence-electron chi connectivity index (χ3n) is 2.42. The summed E-state index contributed by atoms with van der Waals surface area (Å²) in [7, 11) is 0. The average Bonchev–Trinajstić information content (AvgIpc) is 2.39. The first kappa shape index (κ1) is 15.1. The molecular weight excluding hydrogens is 307 g/mol. The molecule has 8 heteroatoms. The summed E-state index contributed by atoms with van der Waals surface area (Å²) >= 11 is 5.70. The third kappa shape index (κ3) is 4.09. The number of pyridine rings is 1. The van der Waals surface area contributed by atoms with E-state index in [4.69, 9.17) is 11.6 Å². The molecule has 4 nitrogen and oxygen atoms in total. The normalized spacial score (nSPS) is 11.8. The Balaban J connectivity index is 2.10. The van der Waals surface area contributed by atoms with E-state index in [0.717, 1.165) is 6.07 Å². The van der Waals surface area contributed by atoms with E-state index in [1.54, 1.807) is 12.1 Å². The molecule has 21 heavy (non-hydrogen) atoms. The van der Waals surface area contributed by atoms with Crippen LogP contribution in [0.1, 0.15) is 11.1 Å². The zero-order valence-electron chi connectivity index (χ0n) is 10.4. The Bertz CT molecular complexity index is 674. The maximum atomic E-state index is 12.4. The first-order chi connectivity index (χ1) is 9.86. The number of phenols is 1. The molecule has 0 atom stereocenters. The molecular formula is C13H9ClF3N3O. The van der Waals surface area contributed by atoms with Gasteiger partial charge in [-0.2, -0.15) is 18.3 Å². The minimum atomic E-state index is -4.50. The van der Waals surface area contributed by atoms with E-state index in [9.17, 15) is 18.3 Å². The number of nitrogens with zero attached hydrogens (tertiary/aromatic N) is 2.